The first-order valence-electron chi connectivity index (χ1n) is 10.2. The summed E-state index contributed by atoms with van der Waals surface area (Å²) in [5.74, 6) is -0.0113. The lowest BCUT2D eigenvalue weighted by Crippen LogP contribution is -2.51. The molecule has 0 aliphatic carbocycles. The van der Waals surface area contributed by atoms with Crippen LogP contribution in [-0.4, -0.2) is 49.6 Å². The van der Waals surface area contributed by atoms with Crippen molar-refractivity contribution in [1.29, 1.82) is 0 Å². The number of rotatable bonds is 3. The van der Waals surface area contributed by atoms with Gasteiger partial charge >= 0.3 is 6.09 Å². The fraction of sp³-hybridized carbons (Fsp3) is 0.391. The second-order valence-electron chi connectivity index (χ2n) is 7.75. The Kier molecular flexibility index (Phi) is 5.43. The van der Waals surface area contributed by atoms with Crippen LogP contribution in [0.25, 0.3) is 0 Å². The van der Waals surface area contributed by atoms with E-state index in [2.05, 4.69) is 4.90 Å². The Hall–Kier alpha value is -3.02. The highest BCUT2D eigenvalue weighted by atomic mass is 16.6. The zero-order valence-electron chi connectivity index (χ0n) is 17.0. The van der Waals surface area contributed by atoms with Crippen LogP contribution in [0.15, 0.2) is 48.5 Å². The Morgan fingerprint density at radius 2 is 1.83 bits per heavy atom. The van der Waals surface area contributed by atoms with Gasteiger partial charge in [0.05, 0.1) is 11.4 Å². The van der Waals surface area contributed by atoms with Crippen LogP contribution in [-0.2, 0) is 16.1 Å². The lowest BCUT2D eigenvalue weighted by molar-refractivity contribution is -0.122. The third-order valence-corrected chi connectivity index (χ3v) is 5.80. The van der Waals surface area contributed by atoms with E-state index >= 15 is 0 Å². The highest BCUT2D eigenvalue weighted by molar-refractivity contribution is 6.03. The summed E-state index contributed by atoms with van der Waals surface area (Å²) in [5.41, 5.74) is 4.02. The van der Waals surface area contributed by atoms with Gasteiger partial charge in [0.25, 0.3) is 0 Å². The van der Waals surface area contributed by atoms with Gasteiger partial charge in [0.15, 0.2) is 0 Å². The van der Waals surface area contributed by atoms with E-state index in [1.54, 1.807) is 4.90 Å². The number of amides is 2. The third-order valence-electron chi connectivity index (χ3n) is 5.80. The van der Waals surface area contributed by atoms with E-state index in [0.29, 0.717) is 19.5 Å². The van der Waals surface area contributed by atoms with Gasteiger partial charge in [-0.15, -0.1) is 0 Å². The minimum atomic E-state index is -0.464. The molecule has 1 fully saturated rings. The number of ether oxygens (including phenoxy) is 1. The number of anilines is 2. The van der Waals surface area contributed by atoms with Crippen LogP contribution in [0.4, 0.5) is 16.2 Å². The lowest BCUT2D eigenvalue weighted by atomic mass is 10.1. The molecule has 0 N–H and O–H groups in total. The lowest BCUT2D eigenvalue weighted by Gasteiger charge is -2.38. The third kappa shape index (κ3) is 3.79. The van der Waals surface area contributed by atoms with E-state index < -0.39 is 12.1 Å². The summed E-state index contributed by atoms with van der Waals surface area (Å²) in [6, 6.07) is 15.2. The molecule has 0 bridgehead atoms. The van der Waals surface area contributed by atoms with Gasteiger partial charge < -0.3 is 14.5 Å². The second-order valence-corrected chi connectivity index (χ2v) is 7.75. The number of carbonyl (C=O) groups excluding carboxylic acids is 2. The maximum Gasteiger partial charge on any atom is 0.410 e. The van der Waals surface area contributed by atoms with Gasteiger partial charge in [0.1, 0.15) is 12.6 Å². The number of hydrogen-bond acceptors (Lipinski definition) is 4. The largest absolute Gasteiger partial charge is 0.445 e. The molecule has 6 heteroatoms. The fourth-order valence-electron chi connectivity index (χ4n) is 4.23. The number of carbonyl (C=O) groups is 2. The first-order chi connectivity index (χ1) is 14.1. The molecule has 2 heterocycles. The highest BCUT2D eigenvalue weighted by Gasteiger charge is 2.39. The van der Waals surface area contributed by atoms with Crippen molar-refractivity contribution in [3.05, 3.63) is 59.7 Å². The van der Waals surface area contributed by atoms with Crippen molar-refractivity contribution in [2.24, 2.45) is 0 Å². The second kappa shape index (κ2) is 8.15. The summed E-state index contributed by atoms with van der Waals surface area (Å²) in [5, 5.41) is 0. The van der Waals surface area contributed by atoms with E-state index in [1.165, 1.54) is 0 Å². The molecular formula is C23H27N3O3. The van der Waals surface area contributed by atoms with Crippen LogP contribution in [0.2, 0.25) is 0 Å². The van der Waals surface area contributed by atoms with Crippen molar-refractivity contribution >= 4 is 23.4 Å². The van der Waals surface area contributed by atoms with Gasteiger partial charge in [-0.25, -0.2) is 4.79 Å². The highest BCUT2D eigenvalue weighted by Crippen LogP contribution is 2.36. The van der Waals surface area contributed by atoms with Crippen molar-refractivity contribution in [3.63, 3.8) is 0 Å². The summed E-state index contributed by atoms with van der Waals surface area (Å²) in [6.07, 6.45) is 1.07. The van der Waals surface area contributed by atoms with Crippen LogP contribution in [0.5, 0.6) is 0 Å². The predicted octanol–water partition coefficient (Wildman–Crippen LogP) is 3.58. The van der Waals surface area contributed by atoms with Gasteiger partial charge in [-0.3, -0.25) is 9.69 Å². The molecule has 1 atom stereocenters. The molecular weight excluding hydrogens is 366 g/mol. The molecule has 0 aromatic heterocycles. The van der Waals surface area contributed by atoms with Crippen LogP contribution in [0.1, 0.15) is 24.0 Å². The average molecular weight is 393 g/mol. The van der Waals surface area contributed by atoms with Crippen LogP contribution in [0, 0.1) is 6.92 Å². The quantitative estimate of drug-likeness (QED) is 0.800. The molecule has 2 aromatic rings. The number of fused-ring (bicyclic) bond motifs is 1. The van der Waals surface area contributed by atoms with Crippen molar-refractivity contribution in [3.8, 4) is 0 Å². The summed E-state index contributed by atoms with van der Waals surface area (Å²) < 4.78 is 5.50. The summed E-state index contributed by atoms with van der Waals surface area (Å²) in [7, 11) is 2.04. The molecule has 29 heavy (non-hydrogen) atoms. The topological polar surface area (TPSA) is 53.1 Å². The molecule has 2 aromatic carbocycles. The molecule has 2 aliphatic rings. The van der Waals surface area contributed by atoms with Gasteiger partial charge in [-0.05, 0) is 37.0 Å². The van der Waals surface area contributed by atoms with Crippen molar-refractivity contribution in [2.45, 2.75) is 32.4 Å². The molecule has 0 spiro atoms. The maximum atomic E-state index is 13.5. The normalized spacial score (nSPS) is 18.6. The molecule has 0 saturated carbocycles. The van der Waals surface area contributed by atoms with Crippen molar-refractivity contribution in [1.82, 2.24) is 4.90 Å². The van der Waals surface area contributed by atoms with Crippen molar-refractivity contribution in [2.75, 3.05) is 36.5 Å². The van der Waals surface area contributed by atoms with Crippen LogP contribution in [0.3, 0.4) is 0 Å². The number of hydrogen-bond donors (Lipinski definition) is 0. The van der Waals surface area contributed by atoms with E-state index in [9.17, 15) is 9.59 Å². The number of nitrogens with zero attached hydrogens (tertiary/aromatic N) is 3. The SMILES string of the molecule is Cc1cccc2c1N(C(=O)[C@@H]1CCCN1C(=O)OCc1ccccc1)CCN2C. The number of aryl methyl sites for hydroxylation is 1. The smallest absolute Gasteiger partial charge is 0.410 e. The summed E-state index contributed by atoms with van der Waals surface area (Å²) in [6.45, 7) is 4.19. The Morgan fingerprint density at radius 3 is 2.62 bits per heavy atom. The van der Waals surface area contributed by atoms with E-state index in [0.717, 1.165) is 35.5 Å². The first-order valence-corrected chi connectivity index (χ1v) is 10.2. The zero-order chi connectivity index (χ0) is 20.4. The van der Waals surface area contributed by atoms with E-state index in [1.807, 2.05) is 67.4 Å². The Morgan fingerprint density at radius 1 is 1.03 bits per heavy atom. The van der Waals surface area contributed by atoms with Crippen LogP contribution < -0.4 is 9.80 Å². The number of para-hydroxylation sites is 1. The number of likely N-dealkylation sites (N-methyl/N-ethyl adjacent to an activating group) is 1. The van der Waals surface area contributed by atoms with E-state index in [-0.39, 0.29) is 12.5 Å². The van der Waals surface area contributed by atoms with Gasteiger partial charge in [-0.2, -0.15) is 0 Å². The van der Waals surface area contributed by atoms with E-state index in [4.69, 9.17) is 4.74 Å². The molecule has 0 radical (unpaired) electrons. The molecule has 2 aliphatic heterocycles. The maximum absolute atomic E-state index is 13.5. The van der Waals surface area contributed by atoms with Crippen LogP contribution >= 0.6 is 0 Å². The standard InChI is InChI=1S/C23H27N3O3/c1-17-8-6-11-19-21(17)26(15-14-24(19)2)22(27)20-12-7-13-25(20)23(28)29-16-18-9-4-3-5-10-18/h3-6,8-11,20H,7,12-16H2,1-2H3/t20-/m0/s1. The Bertz CT molecular complexity index is 899. The van der Waals surface area contributed by atoms with Gasteiger partial charge in [0.2, 0.25) is 5.91 Å². The minimum Gasteiger partial charge on any atom is -0.445 e. The molecule has 2 amide bonds. The number of benzene rings is 2. The predicted molar refractivity (Wildman–Crippen MR) is 113 cm³/mol. The van der Waals surface area contributed by atoms with Crippen molar-refractivity contribution < 1.29 is 14.3 Å². The van der Waals surface area contributed by atoms with Gasteiger partial charge in [-0.1, -0.05) is 42.5 Å². The van der Waals surface area contributed by atoms with Gasteiger partial charge in [0, 0.05) is 26.7 Å². The summed E-state index contributed by atoms with van der Waals surface area (Å²) >= 11 is 0. The molecule has 4 rings (SSSR count). The number of likely N-dealkylation sites (tertiary alicyclic amines) is 1. The molecule has 0 unspecified atom stereocenters. The molecule has 1 saturated heterocycles. The monoisotopic (exact) mass is 393 g/mol. The molecule has 152 valence electrons. The average Bonchev–Trinajstić information content (AvgIpc) is 3.23. The Balaban J connectivity index is 1.50. The molecule has 6 nitrogen and oxygen atoms in total. The zero-order valence-corrected chi connectivity index (χ0v) is 17.0. The fourth-order valence-corrected chi connectivity index (χ4v) is 4.23. The minimum absolute atomic E-state index is 0.0113. The summed E-state index contributed by atoms with van der Waals surface area (Å²) in [4.78, 5) is 31.8. The first kappa shape index (κ1) is 19.3. The Labute approximate surface area is 171 Å².